The number of aliphatic hydroxyl groups excluding tert-OH is 1. The minimum absolute atomic E-state index is 0. The Labute approximate surface area is 163 Å². The first-order valence-electron chi connectivity index (χ1n) is 8.79. The largest absolute Gasteiger partial charge is 0.396 e. The Balaban J connectivity index is 0.00000529. The van der Waals surface area contributed by atoms with Crippen LogP contribution in [0.4, 0.5) is 0 Å². The number of guanidine groups is 1. The summed E-state index contributed by atoms with van der Waals surface area (Å²) in [6.07, 6.45) is 1.82. The van der Waals surface area contributed by atoms with Crippen molar-refractivity contribution in [3.05, 3.63) is 0 Å². The Hall–Kier alpha value is -0.570. The Morgan fingerprint density at radius 2 is 2.08 bits per heavy atom. The fourth-order valence-corrected chi connectivity index (χ4v) is 2.50. The van der Waals surface area contributed by atoms with E-state index in [4.69, 9.17) is 0 Å². The molecular formula is C17H35IN4O2. The quantitative estimate of drug-likeness (QED) is 0.312. The van der Waals surface area contributed by atoms with Gasteiger partial charge in [-0.05, 0) is 19.8 Å². The van der Waals surface area contributed by atoms with Gasteiger partial charge in [-0.25, -0.2) is 0 Å². The van der Waals surface area contributed by atoms with E-state index in [1.165, 1.54) is 0 Å². The molecule has 0 aromatic carbocycles. The number of hydrogen-bond donors (Lipinski definition) is 3. The number of halogens is 1. The van der Waals surface area contributed by atoms with Crippen LogP contribution in [0.1, 0.15) is 47.5 Å². The fourth-order valence-electron chi connectivity index (χ4n) is 2.50. The SMILES string of the molecule is CCNC(=NCC(C)(CC)CO)NC1CCN(C(=O)C(C)C)C1.I. The van der Waals surface area contributed by atoms with Crippen molar-refractivity contribution in [1.82, 2.24) is 15.5 Å². The molecule has 1 aliphatic rings. The normalized spacial score (nSPS) is 20.5. The molecule has 1 heterocycles. The van der Waals surface area contributed by atoms with Gasteiger partial charge in [-0.15, -0.1) is 24.0 Å². The summed E-state index contributed by atoms with van der Waals surface area (Å²) in [5.41, 5.74) is -0.183. The molecule has 2 atom stereocenters. The topological polar surface area (TPSA) is 77.0 Å². The molecule has 142 valence electrons. The van der Waals surface area contributed by atoms with Gasteiger partial charge in [0, 0.05) is 37.0 Å². The smallest absolute Gasteiger partial charge is 0.225 e. The van der Waals surface area contributed by atoms with E-state index in [2.05, 4.69) is 22.5 Å². The number of hydrogen-bond acceptors (Lipinski definition) is 3. The van der Waals surface area contributed by atoms with Crippen molar-refractivity contribution in [1.29, 1.82) is 0 Å². The molecule has 7 heteroatoms. The molecule has 0 aromatic heterocycles. The van der Waals surface area contributed by atoms with Gasteiger partial charge in [-0.1, -0.05) is 27.7 Å². The van der Waals surface area contributed by atoms with Crippen LogP contribution in [-0.2, 0) is 4.79 Å². The average molecular weight is 454 g/mol. The maximum Gasteiger partial charge on any atom is 0.225 e. The van der Waals surface area contributed by atoms with Crippen LogP contribution in [-0.4, -0.2) is 60.7 Å². The van der Waals surface area contributed by atoms with E-state index < -0.39 is 0 Å². The maximum absolute atomic E-state index is 12.1. The standard InChI is InChI=1S/C17H34N4O2.HI/c1-6-17(5,12-22)11-19-16(18-7-2)20-14-8-9-21(10-14)15(23)13(3)4;/h13-14,22H,6-12H2,1-5H3,(H2,18,19,20);1H. The van der Waals surface area contributed by atoms with Gasteiger partial charge in [0.25, 0.3) is 0 Å². The molecule has 1 saturated heterocycles. The van der Waals surface area contributed by atoms with E-state index in [1.807, 2.05) is 32.6 Å². The molecule has 0 spiro atoms. The molecule has 24 heavy (non-hydrogen) atoms. The summed E-state index contributed by atoms with van der Waals surface area (Å²) >= 11 is 0. The number of carbonyl (C=O) groups is 1. The van der Waals surface area contributed by atoms with Crippen molar-refractivity contribution in [2.75, 3.05) is 32.8 Å². The molecule has 0 saturated carbocycles. The van der Waals surface area contributed by atoms with Gasteiger partial charge in [0.05, 0.1) is 13.2 Å². The van der Waals surface area contributed by atoms with Gasteiger partial charge in [-0.3, -0.25) is 9.79 Å². The molecule has 1 aliphatic heterocycles. The van der Waals surface area contributed by atoms with Crippen molar-refractivity contribution in [2.24, 2.45) is 16.3 Å². The van der Waals surface area contributed by atoms with E-state index in [0.717, 1.165) is 38.4 Å². The predicted molar refractivity (Wildman–Crippen MR) is 110 cm³/mol. The lowest BCUT2D eigenvalue weighted by molar-refractivity contribution is -0.133. The third kappa shape index (κ3) is 7.13. The summed E-state index contributed by atoms with van der Waals surface area (Å²) in [5, 5.41) is 16.2. The number of aliphatic imine (C=N–C) groups is 1. The molecule has 0 aromatic rings. The molecular weight excluding hydrogens is 419 g/mol. The van der Waals surface area contributed by atoms with Crippen LogP contribution in [0.25, 0.3) is 0 Å². The minimum Gasteiger partial charge on any atom is -0.396 e. The Bertz CT molecular complexity index is 411. The van der Waals surface area contributed by atoms with Gasteiger partial charge in [0.2, 0.25) is 5.91 Å². The van der Waals surface area contributed by atoms with Gasteiger partial charge >= 0.3 is 0 Å². The Morgan fingerprint density at radius 1 is 1.42 bits per heavy atom. The van der Waals surface area contributed by atoms with E-state index in [9.17, 15) is 9.90 Å². The predicted octanol–water partition coefficient (Wildman–Crippen LogP) is 1.83. The summed E-state index contributed by atoms with van der Waals surface area (Å²) in [6.45, 7) is 13.1. The zero-order valence-corrected chi connectivity index (χ0v) is 18.1. The lowest BCUT2D eigenvalue weighted by Crippen LogP contribution is -2.46. The fraction of sp³-hybridized carbons (Fsp3) is 0.882. The third-order valence-corrected chi connectivity index (χ3v) is 4.53. The molecule has 1 fully saturated rings. The summed E-state index contributed by atoms with van der Waals surface area (Å²) in [4.78, 5) is 18.6. The van der Waals surface area contributed by atoms with E-state index in [0.29, 0.717) is 6.54 Å². The van der Waals surface area contributed by atoms with Crippen LogP contribution in [0.2, 0.25) is 0 Å². The second kappa shape index (κ2) is 11.1. The zero-order valence-electron chi connectivity index (χ0n) is 15.8. The number of likely N-dealkylation sites (tertiary alicyclic amines) is 1. The highest BCUT2D eigenvalue weighted by atomic mass is 127. The zero-order chi connectivity index (χ0) is 17.5. The van der Waals surface area contributed by atoms with Crippen molar-refractivity contribution in [3.63, 3.8) is 0 Å². The molecule has 2 unspecified atom stereocenters. The molecule has 6 nitrogen and oxygen atoms in total. The highest BCUT2D eigenvalue weighted by Gasteiger charge is 2.28. The van der Waals surface area contributed by atoms with Crippen LogP contribution >= 0.6 is 24.0 Å². The minimum atomic E-state index is -0.183. The Morgan fingerprint density at radius 3 is 2.58 bits per heavy atom. The van der Waals surface area contributed by atoms with Crippen LogP contribution in [0.3, 0.4) is 0 Å². The third-order valence-electron chi connectivity index (χ3n) is 4.53. The van der Waals surface area contributed by atoms with Gasteiger partial charge in [0.15, 0.2) is 5.96 Å². The molecule has 0 radical (unpaired) electrons. The number of rotatable bonds is 7. The van der Waals surface area contributed by atoms with Gasteiger partial charge in [0.1, 0.15) is 0 Å². The number of amides is 1. The molecule has 0 bridgehead atoms. The first-order chi connectivity index (χ1) is 10.8. The summed E-state index contributed by atoms with van der Waals surface area (Å²) in [7, 11) is 0. The molecule has 1 amide bonds. The summed E-state index contributed by atoms with van der Waals surface area (Å²) < 4.78 is 0. The van der Waals surface area contributed by atoms with Crippen molar-refractivity contribution >= 4 is 35.8 Å². The van der Waals surface area contributed by atoms with Crippen molar-refractivity contribution in [2.45, 2.75) is 53.5 Å². The second-order valence-corrected chi connectivity index (χ2v) is 7.09. The summed E-state index contributed by atoms with van der Waals surface area (Å²) in [6, 6.07) is 0.234. The highest BCUT2D eigenvalue weighted by Crippen LogP contribution is 2.20. The van der Waals surface area contributed by atoms with Crippen LogP contribution in [0.5, 0.6) is 0 Å². The monoisotopic (exact) mass is 454 g/mol. The summed E-state index contributed by atoms with van der Waals surface area (Å²) in [5.74, 6) is 1.03. The van der Waals surface area contributed by atoms with E-state index in [-0.39, 0.29) is 53.9 Å². The van der Waals surface area contributed by atoms with Gasteiger partial charge in [-0.2, -0.15) is 0 Å². The number of carbonyl (C=O) groups excluding carboxylic acids is 1. The van der Waals surface area contributed by atoms with Crippen LogP contribution in [0.15, 0.2) is 4.99 Å². The van der Waals surface area contributed by atoms with E-state index >= 15 is 0 Å². The van der Waals surface area contributed by atoms with Crippen LogP contribution in [0, 0.1) is 11.3 Å². The van der Waals surface area contributed by atoms with Crippen molar-refractivity contribution in [3.8, 4) is 0 Å². The lowest BCUT2D eigenvalue weighted by Gasteiger charge is -2.25. The Kier molecular flexibility index (Phi) is 10.9. The number of nitrogens with one attached hydrogen (secondary N) is 2. The molecule has 0 aliphatic carbocycles. The van der Waals surface area contributed by atoms with Crippen LogP contribution < -0.4 is 10.6 Å². The number of nitrogens with zero attached hydrogens (tertiary/aromatic N) is 2. The first kappa shape index (κ1) is 23.4. The molecule has 1 rings (SSSR count). The lowest BCUT2D eigenvalue weighted by atomic mass is 9.89. The second-order valence-electron chi connectivity index (χ2n) is 7.09. The number of aliphatic hydroxyl groups is 1. The maximum atomic E-state index is 12.1. The van der Waals surface area contributed by atoms with Gasteiger partial charge < -0.3 is 20.6 Å². The highest BCUT2D eigenvalue weighted by molar-refractivity contribution is 14.0. The van der Waals surface area contributed by atoms with E-state index in [1.54, 1.807) is 0 Å². The molecule has 3 N–H and O–H groups in total. The van der Waals surface area contributed by atoms with Crippen molar-refractivity contribution < 1.29 is 9.90 Å². The first-order valence-corrected chi connectivity index (χ1v) is 8.79. The average Bonchev–Trinajstić information content (AvgIpc) is 3.00.